The topological polar surface area (TPSA) is 55.3 Å². The van der Waals surface area contributed by atoms with Crippen LogP contribution in [0.4, 0.5) is 11.4 Å². The maximum atomic E-state index is 6.95. The fraction of sp³-hybridized carbons (Fsp3) is 0.148. The Morgan fingerprint density at radius 3 is 2.05 bits per heavy atom. The Bertz CT molecular complexity index is 2780. The smallest absolute Gasteiger partial charge is 0.0569 e. The molecule has 64 heavy (non-hydrogen) atoms. The average Bonchev–Trinajstić information content (AvgIpc) is 3.95. The fourth-order valence-corrected chi connectivity index (χ4v) is 8.19. The third kappa shape index (κ3) is 11.8. The normalized spacial score (nSPS) is 14.8. The van der Waals surface area contributed by atoms with E-state index in [1.54, 1.807) is 12.2 Å². The summed E-state index contributed by atoms with van der Waals surface area (Å²) >= 11 is 0. The monoisotopic (exact) mass is 840 g/mol. The number of benzene rings is 6. The molecule has 4 N–H and O–H groups in total. The molecule has 2 aliphatic carbocycles. The van der Waals surface area contributed by atoms with E-state index in [9.17, 15) is 0 Å². The molecule has 6 aromatic rings. The first-order valence-corrected chi connectivity index (χ1v) is 22.4. The highest BCUT2D eigenvalue weighted by molar-refractivity contribution is 5.99. The lowest BCUT2D eigenvalue weighted by molar-refractivity contribution is 0.840. The molecule has 8 rings (SSSR count). The first-order chi connectivity index (χ1) is 31.3. The second-order valence-electron chi connectivity index (χ2n) is 15.4. The van der Waals surface area contributed by atoms with E-state index < -0.39 is 0 Å². The second kappa shape index (κ2) is 24.4. The third-order valence-electron chi connectivity index (χ3n) is 11.1. The van der Waals surface area contributed by atoms with Crippen LogP contribution in [0.25, 0.3) is 38.2 Å². The van der Waals surface area contributed by atoms with Crippen molar-refractivity contribution in [3.63, 3.8) is 0 Å². The van der Waals surface area contributed by atoms with Gasteiger partial charge in [0.25, 0.3) is 0 Å². The van der Waals surface area contributed by atoms with Gasteiger partial charge in [-0.15, -0.1) is 0 Å². The summed E-state index contributed by atoms with van der Waals surface area (Å²) in [5, 5.41) is 4.87. The number of hydrogen-bond donors (Lipinski definition) is 2. The first-order valence-electron chi connectivity index (χ1n) is 22.4. The molecule has 0 aliphatic heterocycles. The van der Waals surface area contributed by atoms with E-state index in [1.807, 2.05) is 57.2 Å². The van der Waals surface area contributed by atoms with Crippen LogP contribution in [0.5, 0.6) is 0 Å². The van der Waals surface area contributed by atoms with Crippen molar-refractivity contribution in [3.05, 3.63) is 259 Å². The van der Waals surface area contributed by atoms with Gasteiger partial charge in [0.05, 0.1) is 12.1 Å². The number of nitrogens with two attached hydrogens (primary N) is 2. The zero-order chi connectivity index (χ0) is 45.8. The van der Waals surface area contributed by atoms with Crippen molar-refractivity contribution < 1.29 is 0 Å². The van der Waals surface area contributed by atoms with Gasteiger partial charge in [-0.25, -0.2) is 0 Å². The summed E-state index contributed by atoms with van der Waals surface area (Å²) in [5.74, 6) is 0. The molecule has 0 spiro atoms. The number of anilines is 2. The van der Waals surface area contributed by atoms with Crippen LogP contribution in [0.2, 0.25) is 0 Å². The van der Waals surface area contributed by atoms with Gasteiger partial charge in [0.2, 0.25) is 0 Å². The predicted octanol–water partition coefficient (Wildman–Crippen LogP) is 16.3. The molecule has 0 saturated carbocycles. The molecule has 324 valence electrons. The number of rotatable bonds is 11. The van der Waals surface area contributed by atoms with Gasteiger partial charge in [-0.2, -0.15) is 0 Å². The van der Waals surface area contributed by atoms with Gasteiger partial charge in [0.15, 0.2) is 0 Å². The molecule has 2 unspecified atom stereocenters. The number of fused-ring (bicyclic) bond motifs is 3. The van der Waals surface area contributed by atoms with Crippen LogP contribution in [-0.2, 0) is 0 Å². The molecule has 0 aromatic heterocycles. The molecule has 0 amide bonds. The Hall–Kier alpha value is -7.20. The van der Waals surface area contributed by atoms with E-state index in [4.69, 9.17) is 11.5 Å². The van der Waals surface area contributed by atoms with Crippen LogP contribution >= 0.6 is 0 Å². The largest absolute Gasteiger partial charge is 0.405 e. The van der Waals surface area contributed by atoms with Gasteiger partial charge in [-0.05, 0) is 125 Å². The van der Waals surface area contributed by atoms with Crippen molar-refractivity contribution in [2.75, 3.05) is 4.90 Å². The van der Waals surface area contributed by atoms with Crippen molar-refractivity contribution in [2.45, 2.75) is 60.0 Å². The van der Waals surface area contributed by atoms with Crippen LogP contribution in [0.1, 0.15) is 63.8 Å². The lowest BCUT2D eigenvalue weighted by Gasteiger charge is -2.35. The van der Waals surface area contributed by atoms with Crippen molar-refractivity contribution in [3.8, 4) is 11.1 Å². The van der Waals surface area contributed by atoms with Gasteiger partial charge in [0.1, 0.15) is 0 Å². The number of hydrogen-bond acceptors (Lipinski definition) is 3. The summed E-state index contributed by atoms with van der Waals surface area (Å²) in [6.45, 7) is 20.3. The van der Waals surface area contributed by atoms with Crippen LogP contribution < -0.4 is 16.4 Å². The molecule has 3 nitrogen and oxygen atoms in total. The van der Waals surface area contributed by atoms with Crippen molar-refractivity contribution in [2.24, 2.45) is 11.5 Å². The fourth-order valence-electron chi connectivity index (χ4n) is 8.19. The number of aryl methyl sites for hydroxylation is 1. The molecule has 3 heteroatoms. The van der Waals surface area contributed by atoms with Gasteiger partial charge < -0.3 is 16.4 Å². The van der Waals surface area contributed by atoms with E-state index in [1.165, 1.54) is 78.7 Å². The summed E-state index contributed by atoms with van der Waals surface area (Å²) in [6.07, 6.45) is 28.7. The molecular formula is C61H65N3. The Labute approximate surface area is 383 Å². The quantitative estimate of drug-likeness (QED) is 0.128. The molecule has 2 atom stereocenters. The first kappa shape index (κ1) is 47.8. The minimum absolute atomic E-state index is 0.0357. The standard InChI is InChI=1S/C42H36N2.C11H15N.C6H8.C2H6/c1-4-13-35(39-27-40(43)42-37(21-12-22-38(39)42)34-19-9-5-14-28(34)2)29(3)44(33-25-24-30-15-6-7-17-32(30)26-33)41-23-11-18-31-16-8-10-20-36(31)41;1-3-7-11(8-4-2)9-5-6-10-12;1-6-4-2-3-5-6;1-2/h4-27,29,40H,1,43H2,2-3H3;3-10H,1,12H2,2H3;2-4H,5H2,1H3;1-2H3/b35-13+;8-4-,9-5-,10-6-,11-7+;;. The Balaban J connectivity index is 0.000000321. The van der Waals surface area contributed by atoms with E-state index in [0.29, 0.717) is 0 Å². The second-order valence-corrected chi connectivity index (χ2v) is 15.4. The predicted molar refractivity (Wildman–Crippen MR) is 284 cm³/mol. The Kier molecular flexibility index (Phi) is 18.3. The summed E-state index contributed by atoms with van der Waals surface area (Å²) in [5.41, 5.74) is 25.4. The lowest BCUT2D eigenvalue weighted by Crippen LogP contribution is -2.31. The van der Waals surface area contributed by atoms with E-state index in [0.717, 1.165) is 16.9 Å². The van der Waals surface area contributed by atoms with Gasteiger partial charge in [-0.1, -0.05) is 215 Å². The highest BCUT2D eigenvalue weighted by atomic mass is 15.2. The minimum atomic E-state index is -0.206. The van der Waals surface area contributed by atoms with Crippen LogP contribution in [0, 0.1) is 6.92 Å². The molecule has 0 heterocycles. The van der Waals surface area contributed by atoms with Crippen LogP contribution in [0.15, 0.2) is 242 Å². The Morgan fingerprint density at radius 1 is 0.719 bits per heavy atom. The zero-order valence-electron chi connectivity index (χ0n) is 38.6. The average molecular weight is 840 g/mol. The van der Waals surface area contributed by atoms with Crippen molar-refractivity contribution in [1.82, 2.24) is 0 Å². The highest BCUT2D eigenvalue weighted by Gasteiger charge is 2.31. The molecule has 2 aliphatic rings. The van der Waals surface area contributed by atoms with E-state index in [-0.39, 0.29) is 12.1 Å². The maximum absolute atomic E-state index is 6.95. The molecular weight excluding hydrogens is 775 g/mol. The van der Waals surface area contributed by atoms with Crippen LogP contribution in [-0.4, -0.2) is 6.04 Å². The Morgan fingerprint density at radius 2 is 1.38 bits per heavy atom. The van der Waals surface area contributed by atoms with E-state index >= 15 is 0 Å². The van der Waals surface area contributed by atoms with Crippen molar-refractivity contribution >= 4 is 38.5 Å². The van der Waals surface area contributed by atoms with Gasteiger partial charge in [0, 0.05) is 16.8 Å². The molecule has 0 radical (unpaired) electrons. The van der Waals surface area contributed by atoms with Gasteiger partial charge in [-0.3, -0.25) is 0 Å². The molecule has 0 saturated heterocycles. The third-order valence-corrected chi connectivity index (χ3v) is 11.1. The number of allylic oxidation sites excluding steroid dienone is 14. The molecule has 0 fully saturated rings. The SMILES string of the molecule is C=C/C=C(/C1=CC(N)c2c1cccc2-c1ccccc1C)C(C)N(c1ccc2ccccc2c1)c1cccc2ccccc12.C=C/C=C(\C=C/C)/C=C\C=C/N.CC.CC1=CC=CC1. The van der Waals surface area contributed by atoms with Crippen LogP contribution in [0.3, 0.4) is 0 Å². The summed E-state index contributed by atoms with van der Waals surface area (Å²) < 4.78 is 0. The number of nitrogens with zero attached hydrogens (tertiary/aromatic N) is 1. The minimum Gasteiger partial charge on any atom is -0.405 e. The lowest BCUT2D eigenvalue weighted by atomic mass is 9.88. The summed E-state index contributed by atoms with van der Waals surface area (Å²) in [6, 6.07) is 45.4. The summed E-state index contributed by atoms with van der Waals surface area (Å²) in [4.78, 5) is 2.47. The maximum Gasteiger partial charge on any atom is 0.0569 e. The van der Waals surface area contributed by atoms with E-state index in [2.05, 4.69) is 197 Å². The zero-order valence-corrected chi connectivity index (χ0v) is 38.6. The highest BCUT2D eigenvalue weighted by Crippen LogP contribution is 2.46. The summed E-state index contributed by atoms with van der Waals surface area (Å²) in [7, 11) is 0. The molecule has 0 bridgehead atoms. The van der Waals surface area contributed by atoms with Gasteiger partial charge >= 0.3 is 0 Å². The molecule has 6 aromatic carbocycles. The van der Waals surface area contributed by atoms with Crippen molar-refractivity contribution in [1.29, 1.82) is 0 Å².